The molecule has 0 aliphatic carbocycles. The van der Waals surface area contributed by atoms with Crippen LogP contribution in [0.25, 0.3) is 0 Å². The van der Waals surface area contributed by atoms with Crippen molar-refractivity contribution in [3.05, 3.63) is 73.1 Å². The lowest BCUT2D eigenvalue weighted by atomic mass is 10.2. The van der Waals surface area contributed by atoms with Crippen LogP contribution in [0.1, 0.15) is 12.8 Å². The van der Waals surface area contributed by atoms with E-state index >= 15 is 0 Å². The Morgan fingerprint density at radius 2 is 0.986 bits per heavy atom. The van der Waals surface area contributed by atoms with E-state index in [1.54, 1.807) is 29.2 Å². The monoisotopic (exact) mass is 1120 g/mol. The van der Waals surface area contributed by atoms with Crippen LogP contribution in [0.2, 0.25) is 26.2 Å². The van der Waals surface area contributed by atoms with Gasteiger partial charge in [-0.05, 0) is 33.3 Å². The zero-order chi connectivity index (χ0) is 56.8. The number of hydrogen-bond donors (Lipinski definition) is 0. The maximum atomic E-state index is 13.2. The first kappa shape index (κ1) is 68.5. The number of nitrogens with zero attached hydrogens (tertiary/aromatic N) is 2. The van der Waals surface area contributed by atoms with Crippen molar-refractivity contribution in [1.82, 2.24) is 0 Å². The molecule has 0 saturated heterocycles. The second-order valence-corrected chi connectivity index (χ2v) is 23.7. The minimum Gasteiger partial charge on any atom is -0.315 e. The number of amides is 2. The van der Waals surface area contributed by atoms with Gasteiger partial charge in [0.2, 0.25) is 5.91 Å². The van der Waals surface area contributed by atoms with E-state index in [0.29, 0.717) is 11.4 Å². The fourth-order valence-electron chi connectivity index (χ4n) is 3.99. The van der Waals surface area contributed by atoms with Gasteiger partial charge in [0.1, 0.15) is 35.6 Å². The third-order valence-corrected chi connectivity index (χ3v) is 14.0. The molecule has 35 heteroatoms. The van der Waals surface area contributed by atoms with Gasteiger partial charge >= 0.3 is 61.2 Å². The summed E-state index contributed by atoms with van der Waals surface area (Å²) >= 11 is 0. The third-order valence-electron chi connectivity index (χ3n) is 8.34. The van der Waals surface area contributed by atoms with Crippen molar-refractivity contribution in [3.63, 3.8) is 0 Å². The largest absolute Gasteiger partial charge is 0.480 e. The highest BCUT2D eigenvalue weighted by molar-refractivity contribution is 6.94. The lowest BCUT2D eigenvalue weighted by Crippen LogP contribution is -2.60. The van der Waals surface area contributed by atoms with Gasteiger partial charge in [-0.25, -0.2) is 4.79 Å². The number of alkyl halides is 21. The molecule has 0 fully saturated rings. The lowest BCUT2D eigenvalue weighted by Gasteiger charge is -2.33. The van der Waals surface area contributed by atoms with Crippen LogP contribution >= 0.6 is 0 Å². The molecule has 2 aromatic carbocycles. The Morgan fingerprint density at radius 1 is 0.577 bits per heavy atom. The van der Waals surface area contributed by atoms with E-state index in [2.05, 4.69) is 44.1 Å². The van der Waals surface area contributed by atoms with Crippen molar-refractivity contribution in [3.8, 4) is 0 Å². The molecule has 0 spiro atoms. The van der Waals surface area contributed by atoms with Crippen LogP contribution in [0.3, 0.4) is 0 Å². The number of rotatable bonds is 17. The summed E-state index contributed by atoms with van der Waals surface area (Å²) in [5, 5.41) is 2.16. The van der Waals surface area contributed by atoms with Gasteiger partial charge in [0.25, 0.3) is 0 Å². The summed E-state index contributed by atoms with van der Waals surface area (Å²) in [6, 6.07) is 14.5. The van der Waals surface area contributed by atoms with Crippen molar-refractivity contribution in [1.29, 1.82) is 0 Å². The molecule has 1 unspecified atom stereocenters. The SMILES string of the molecule is C=C[Si](C)(C)c1cccc(N(C)C(=O)CC(F)(F)F)c1.C=C[Si](C)(C)c1cccc(N(C)C(=O)F)c1.FOC(F)(F)C(F)(F)OOC(F)(C(F)(F)F)C(F)(F)OCC(F)(F)F.FOC(F)(F)CC(F)(F)F. The molecule has 0 radical (unpaired) electrons. The van der Waals surface area contributed by atoms with Crippen LogP contribution < -0.4 is 20.2 Å². The summed E-state index contributed by atoms with van der Waals surface area (Å²) in [4.78, 5) is 31.0. The fraction of sp³-hybridized carbons (Fsp3) is 0.500. The average molecular weight is 1120 g/mol. The number of carbonyl (C=O) groups excluding carboxylic acids is 2. The Labute approximate surface area is 387 Å². The third kappa shape index (κ3) is 22.8. The van der Waals surface area contributed by atoms with E-state index in [9.17, 15) is 115 Å². The van der Waals surface area contributed by atoms with E-state index < -0.39 is 103 Å². The van der Waals surface area contributed by atoms with Gasteiger partial charge in [0.05, 0.1) is 0 Å². The topological polar surface area (TPSA) is 86.8 Å². The number of hydrogen-bond acceptors (Lipinski definition) is 7. The van der Waals surface area contributed by atoms with Gasteiger partial charge in [-0.2, -0.15) is 102 Å². The Bertz CT molecular complexity index is 2030. The molecule has 9 nitrogen and oxygen atoms in total. The van der Waals surface area contributed by atoms with Crippen LogP contribution in [0.5, 0.6) is 0 Å². The maximum Gasteiger partial charge on any atom is 0.480 e. The van der Waals surface area contributed by atoms with Crippen molar-refractivity contribution in [2.75, 3.05) is 30.5 Å². The minimum absolute atomic E-state index is 0.471. The molecular weight excluding hydrogens is 1080 g/mol. The summed E-state index contributed by atoms with van der Waals surface area (Å²) < 4.78 is 289. The molecule has 0 aromatic heterocycles. The summed E-state index contributed by atoms with van der Waals surface area (Å²) in [6.45, 7) is 12.8. The highest BCUT2D eigenvalue weighted by Gasteiger charge is 2.78. The second kappa shape index (κ2) is 25.4. The van der Waals surface area contributed by atoms with Gasteiger partial charge in [0.15, 0.2) is 0 Å². The molecule has 71 heavy (non-hydrogen) atoms. The molecule has 2 aromatic rings. The van der Waals surface area contributed by atoms with Crippen molar-refractivity contribution < 1.29 is 140 Å². The van der Waals surface area contributed by atoms with E-state index in [0.717, 1.165) is 20.2 Å². The molecule has 0 aliphatic rings. The number of carbonyl (C=O) groups is 2. The molecular formula is C36H38F24N2O7Si2. The maximum absolute atomic E-state index is 13.2. The van der Waals surface area contributed by atoms with E-state index in [1.807, 2.05) is 45.4 Å². The highest BCUT2D eigenvalue weighted by Crippen LogP contribution is 2.49. The van der Waals surface area contributed by atoms with Crippen LogP contribution in [-0.4, -0.2) is 104 Å². The zero-order valence-corrected chi connectivity index (χ0v) is 38.6. The first-order valence-corrected chi connectivity index (χ1v) is 24.3. The molecule has 1 atom stereocenters. The van der Waals surface area contributed by atoms with Crippen LogP contribution in [-0.2, 0) is 29.2 Å². The summed E-state index contributed by atoms with van der Waals surface area (Å²) in [5.41, 5.74) is 4.90. The molecule has 0 saturated carbocycles. The van der Waals surface area contributed by atoms with E-state index in [4.69, 9.17) is 0 Å². The second-order valence-electron chi connectivity index (χ2n) is 14.8. The average Bonchev–Trinajstić information content (AvgIpc) is 3.22. The molecule has 0 heterocycles. The zero-order valence-electron chi connectivity index (χ0n) is 36.6. The van der Waals surface area contributed by atoms with Gasteiger partial charge in [-0.3, -0.25) is 9.69 Å². The predicted octanol–water partition coefficient (Wildman–Crippen LogP) is 12.9. The van der Waals surface area contributed by atoms with Crippen molar-refractivity contribution >= 4 is 50.0 Å². The smallest absolute Gasteiger partial charge is 0.315 e. The number of anilines is 2. The normalized spacial score (nSPS) is 14.0. The molecule has 2 rings (SSSR count). The van der Waals surface area contributed by atoms with Crippen LogP contribution in [0.4, 0.5) is 122 Å². The Hall–Kier alpha value is -4.59. The van der Waals surface area contributed by atoms with Crippen molar-refractivity contribution in [2.24, 2.45) is 0 Å². The lowest BCUT2D eigenvalue weighted by molar-refractivity contribution is -0.614. The quantitative estimate of drug-likeness (QED) is 0.0389. The van der Waals surface area contributed by atoms with Gasteiger partial charge < -0.3 is 9.64 Å². The highest BCUT2D eigenvalue weighted by atomic mass is 28.3. The number of halogens is 24. The fourth-order valence-corrected chi connectivity index (χ4v) is 6.55. The predicted molar refractivity (Wildman–Crippen MR) is 205 cm³/mol. The Morgan fingerprint density at radius 3 is 1.28 bits per heavy atom. The van der Waals surface area contributed by atoms with Crippen molar-refractivity contribution in [2.45, 2.75) is 94.0 Å². The molecule has 410 valence electrons. The van der Waals surface area contributed by atoms with E-state index in [-0.39, 0.29) is 0 Å². The molecule has 2 amide bonds. The number of benzene rings is 2. The van der Waals surface area contributed by atoms with Gasteiger partial charge in [-0.1, -0.05) is 72.2 Å². The first-order valence-electron chi connectivity index (χ1n) is 18.2. The summed E-state index contributed by atoms with van der Waals surface area (Å²) in [5.74, 6) is -7.91. The summed E-state index contributed by atoms with van der Waals surface area (Å²) in [7, 11) is -0.693. The molecule has 0 aliphatic heterocycles. The van der Waals surface area contributed by atoms with Gasteiger partial charge in [-0.15, -0.1) is 27.4 Å². The van der Waals surface area contributed by atoms with Crippen LogP contribution in [0.15, 0.2) is 73.1 Å². The Kier molecular flexibility index (Phi) is 24.5. The van der Waals surface area contributed by atoms with Gasteiger partial charge in [0, 0.05) is 25.5 Å². The molecule has 0 bridgehead atoms. The standard InChI is InChI=1S/C14H18F3NOSi.C12H16FNOSi.C7H2F14O4.C3H2F6O/c1-5-20(3,4)12-8-6-7-11(9-12)18(2)13(19)10-14(15,16)17;1-5-16(3,4)11-8-6-7-10(9-11)14(2)12(13)15;8-2(9,10)1-22-5(15,16)3(11,4(12,13)14)24-25-7(19,20)6(17,18)23-21;4-2(5,6)1-3(7,8)10-9/h5-9H,1,10H2,2-4H3;5-9H,1H2,2-4H3;1H2;1H2. The summed E-state index contributed by atoms with van der Waals surface area (Å²) in [6.07, 6.45) is -52.6. The van der Waals surface area contributed by atoms with Crippen LogP contribution in [0, 0.1) is 0 Å². The first-order chi connectivity index (χ1) is 31.4. The molecule has 0 N–H and O–H groups in total. The Balaban J connectivity index is 0. The number of ether oxygens (including phenoxy) is 1. The van der Waals surface area contributed by atoms with E-state index in [1.165, 1.54) is 19.0 Å². The minimum atomic E-state index is -7.16.